The molecule has 0 heterocycles. The zero-order valence-electron chi connectivity index (χ0n) is 10.5. The van der Waals surface area contributed by atoms with E-state index in [4.69, 9.17) is 9.84 Å². The summed E-state index contributed by atoms with van der Waals surface area (Å²) in [6.45, 7) is 1.34. The van der Waals surface area contributed by atoms with E-state index in [1.54, 1.807) is 6.92 Å². The van der Waals surface area contributed by atoms with Gasteiger partial charge in [-0.25, -0.2) is 4.79 Å². The number of ether oxygens (including phenoxy) is 1. The van der Waals surface area contributed by atoms with Gasteiger partial charge in [0, 0.05) is 24.7 Å². The number of carbonyl (C=O) groups excluding carboxylic acids is 1. The topological polar surface area (TPSA) is 133 Å². The summed E-state index contributed by atoms with van der Waals surface area (Å²) in [5.74, 6) is -1.22. The van der Waals surface area contributed by atoms with E-state index in [-0.39, 0.29) is 24.7 Å². The van der Waals surface area contributed by atoms with Crippen molar-refractivity contribution in [2.45, 2.75) is 6.92 Å². The average molecular weight is 284 g/mol. The summed E-state index contributed by atoms with van der Waals surface area (Å²) in [5.41, 5.74) is -1.42. The van der Waals surface area contributed by atoms with Gasteiger partial charge < -0.3 is 9.84 Å². The summed E-state index contributed by atoms with van der Waals surface area (Å²) in [5, 5.41) is 30.1. The Morgan fingerprint density at radius 3 is 2.15 bits per heavy atom. The van der Waals surface area contributed by atoms with Crippen LogP contribution in [0.15, 0.2) is 18.2 Å². The van der Waals surface area contributed by atoms with Crippen molar-refractivity contribution in [1.82, 2.24) is 0 Å². The summed E-state index contributed by atoms with van der Waals surface area (Å²) >= 11 is 0. The number of esters is 1. The molecule has 0 aliphatic carbocycles. The van der Waals surface area contributed by atoms with Crippen LogP contribution in [0, 0.1) is 26.1 Å². The van der Waals surface area contributed by atoms with E-state index in [0.717, 1.165) is 18.2 Å². The van der Waals surface area contributed by atoms with Gasteiger partial charge in [0.05, 0.1) is 28.1 Å². The Kier molecular flexibility index (Phi) is 5.09. The largest absolute Gasteiger partial charge is 0.462 e. The van der Waals surface area contributed by atoms with Crippen molar-refractivity contribution in [2.24, 2.45) is 5.92 Å². The van der Waals surface area contributed by atoms with Crippen molar-refractivity contribution >= 4 is 17.3 Å². The summed E-state index contributed by atoms with van der Waals surface area (Å²) in [7, 11) is 0. The number of aliphatic hydroxyl groups is 1. The molecule has 0 radical (unpaired) electrons. The highest BCUT2D eigenvalue weighted by Gasteiger charge is 2.20. The predicted molar refractivity (Wildman–Crippen MR) is 66.3 cm³/mol. The predicted octanol–water partition coefficient (Wildman–Crippen LogP) is 1.29. The summed E-state index contributed by atoms with van der Waals surface area (Å²) in [6.07, 6.45) is 0. The molecular formula is C11H12N2O7. The van der Waals surface area contributed by atoms with Crippen molar-refractivity contribution < 1.29 is 24.5 Å². The first kappa shape index (κ1) is 15.5. The van der Waals surface area contributed by atoms with Crippen LogP contribution in [0.4, 0.5) is 11.4 Å². The van der Waals surface area contributed by atoms with Gasteiger partial charge in [0.2, 0.25) is 0 Å². The highest BCUT2D eigenvalue weighted by atomic mass is 16.6. The normalized spacial score (nSPS) is 11.7. The van der Waals surface area contributed by atoms with Crippen LogP contribution in [0.1, 0.15) is 17.3 Å². The number of aliphatic hydroxyl groups excluding tert-OH is 1. The molecular weight excluding hydrogens is 272 g/mol. The third-order valence-electron chi connectivity index (χ3n) is 2.37. The Labute approximate surface area is 113 Å². The van der Waals surface area contributed by atoms with Gasteiger partial charge in [-0.05, 0) is 0 Å². The third-order valence-corrected chi connectivity index (χ3v) is 2.37. The van der Waals surface area contributed by atoms with Gasteiger partial charge in [0.1, 0.15) is 0 Å². The lowest BCUT2D eigenvalue weighted by Crippen LogP contribution is -2.15. The maximum atomic E-state index is 11.7. The highest BCUT2D eigenvalue weighted by Crippen LogP contribution is 2.23. The summed E-state index contributed by atoms with van der Waals surface area (Å²) in [6, 6.07) is 2.56. The Bertz CT molecular complexity index is 511. The van der Waals surface area contributed by atoms with Crippen molar-refractivity contribution in [3.8, 4) is 0 Å². The van der Waals surface area contributed by atoms with Gasteiger partial charge in [0.25, 0.3) is 11.4 Å². The first-order valence-electron chi connectivity index (χ1n) is 5.57. The average Bonchev–Trinajstić information content (AvgIpc) is 2.43. The maximum absolute atomic E-state index is 11.7. The van der Waals surface area contributed by atoms with Crippen molar-refractivity contribution in [2.75, 3.05) is 13.2 Å². The molecule has 9 nitrogen and oxygen atoms in total. The molecule has 0 saturated heterocycles. The van der Waals surface area contributed by atoms with Gasteiger partial charge in [-0.15, -0.1) is 0 Å². The lowest BCUT2D eigenvalue weighted by atomic mass is 10.1. The molecule has 9 heteroatoms. The van der Waals surface area contributed by atoms with Gasteiger partial charge in [0.15, 0.2) is 0 Å². The minimum atomic E-state index is -0.919. The van der Waals surface area contributed by atoms with Crippen LogP contribution < -0.4 is 0 Å². The number of rotatable bonds is 6. The summed E-state index contributed by atoms with van der Waals surface area (Å²) < 4.78 is 4.81. The highest BCUT2D eigenvalue weighted by molar-refractivity contribution is 5.91. The van der Waals surface area contributed by atoms with Crippen LogP contribution in [0.5, 0.6) is 0 Å². The van der Waals surface area contributed by atoms with E-state index in [1.165, 1.54) is 0 Å². The van der Waals surface area contributed by atoms with Crippen molar-refractivity contribution in [3.05, 3.63) is 44.0 Å². The van der Waals surface area contributed by atoms with Gasteiger partial charge in [-0.2, -0.15) is 0 Å². The molecule has 0 spiro atoms. The van der Waals surface area contributed by atoms with Crippen LogP contribution in [-0.4, -0.2) is 34.1 Å². The van der Waals surface area contributed by atoms with E-state index in [1.807, 2.05) is 0 Å². The molecule has 20 heavy (non-hydrogen) atoms. The minimum Gasteiger partial charge on any atom is -0.462 e. The van der Waals surface area contributed by atoms with E-state index in [9.17, 15) is 25.0 Å². The third kappa shape index (κ3) is 3.99. The van der Waals surface area contributed by atoms with E-state index < -0.39 is 27.2 Å². The van der Waals surface area contributed by atoms with Gasteiger partial charge >= 0.3 is 5.97 Å². The van der Waals surface area contributed by atoms with Crippen LogP contribution in [0.25, 0.3) is 0 Å². The molecule has 0 bridgehead atoms. The zero-order chi connectivity index (χ0) is 15.3. The van der Waals surface area contributed by atoms with Crippen molar-refractivity contribution in [1.29, 1.82) is 0 Å². The van der Waals surface area contributed by atoms with Crippen LogP contribution in [-0.2, 0) is 4.74 Å². The molecule has 1 atom stereocenters. The number of hydrogen-bond acceptors (Lipinski definition) is 7. The van der Waals surface area contributed by atoms with Gasteiger partial charge in [-0.1, -0.05) is 6.92 Å². The minimum absolute atomic E-state index is 0.0914. The molecule has 108 valence electrons. The number of hydrogen-bond donors (Lipinski definition) is 1. The second-order valence-electron chi connectivity index (χ2n) is 4.14. The molecule has 0 fully saturated rings. The van der Waals surface area contributed by atoms with Crippen LogP contribution in [0.2, 0.25) is 0 Å². The number of nitrogens with zero attached hydrogens (tertiary/aromatic N) is 2. The Balaban J connectivity index is 3.01. The van der Waals surface area contributed by atoms with Gasteiger partial charge in [-0.3, -0.25) is 20.2 Å². The second-order valence-corrected chi connectivity index (χ2v) is 4.14. The molecule has 0 amide bonds. The molecule has 0 aliphatic rings. The molecule has 1 aromatic rings. The number of benzene rings is 1. The van der Waals surface area contributed by atoms with Crippen LogP contribution in [0.3, 0.4) is 0 Å². The maximum Gasteiger partial charge on any atom is 0.338 e. The van der Waals surface area contributed by atoms with E-state index in [2.05, 4.69) is 0 Å². The quantitative estimate of drug-likeness (QED) is 0.472. The first-order valence-corrected chi connectivity index (χ1v) is 5.57. The fraction of sp³-hybridized carbons (Fsp3) is 0.364. The molecule has 0 saturated carbocycles. The van der Waals surface area contributed by atoms with Crippen molar-refractivity contribution in [3.63, 3.8) is 0 Å². The number of nitro groups is 2. The van der Waals surface area contributed by atoms with E-state index in [0.29, 0.717) is 0 Å². The molecule has 0 aliphatic heterocycles. The fourth-order valence-corrected chi connectivity index (χ4v) is 1.28. The number of carbonyl (C=O) groups is 1. The SMILES string of the molecule is CC(CO)COC(=O)c1cc([N+](=O)[O-])cc([N+](=O)[O-])c1. The number of nitro benzene ring substituents is 2. The molecule has 1 unspecified atom stereocenters. The number of non-ortho nitro benzene ring substituents is 2. The molecule has 0 aromatic heterocycles. The first-order chi connectivity index (χ1) is 9.35. The van der Waals surface area contributed by atoms with Crippen LogP contribution >= 0.6 is 0 Å². The monoisotopic (exact) mass is 284 g/mol. The Morgan fingerprint density at radius 2 is 1.75 bits per heavy atom. The van der Waals surface area contributed by atoms with E-state index >= 15 is 0 Å². The molecule has 1 aromatic carbocycles. The Hall–Kier alpha value is -2.55. The lowest BCUT2D eigenvalue weighted by molar-refractivity contribution is -0.394. The summed E-state index contributed by atoms with van der Waals surface area (Å²) in [4.78, 5) is 31.3. The molecule has 1 N–H and O–H groups in total. The second kappa shape index (κ2) is 6.57. The zero-order valence-corrected chi connectivity index (χ0v) is 10.5. The lowest BCUT2D eigenvalue weighted by Gasteiger charge is -2.08. The fourth-order valence-electron chi connectivity index (χ4n) is 1.28. The Morgan fingerprint density at radius 1 is 1.25 bits per heavy atom. The smallest absolute Gasteiger partial charge is 0.338 e. The standard InChI is InChI=1S/C11H12N2O7/c1-7(5-14)6-20-11(15)8-2-9(12(16)17)4-10(3-8)13(18)19/h2-4,7,14H,5-6H2,1H3. The molecule has 1 rings (SSSR count).